The highest BCUT2D eigenvalue weighted by atomic mass is 35.5. The number of imidazole rings is 1. The summed E-state index contributed by atoms with van der Waals surface area (Å²) in [5, 5.41) is 6.15. The predicted octanol–water partition coefficient (Wildman–Crippen LogP) is 5.31. The average Bonchev–Trinajstić information content (AvgIpc) is 3.52. The van der Waals surface area contributed by atoms with E-state index in [9.17, 15) is 9.18 Å². The molecule has 0 fully saturated rings. The molecule has 0 saturated carbocycles. The summed E-state index contributed by atoms with van der Waals surface area (Å²) in [6, 6.07) is 8.93. The number of ether oxygens (including phenoxy) is 1. The van der Waals surface area contributed by atoms with E-state index in [0.29, 0.717) is 32.3 Å². The molecule has 1 aliphatic heterocycles. The van der Waals surface area contributed by atoms with E-state index in [1.165, 1.54) is 10.2 Å². The minimum Gasteiger partial charge on any atom is -0.464 e. The molecular formula is C26H26Cl2FN5O2. The van der Waals surface area contributed by atoms with Crippen LogP contribution < -0.4 is 0 Å². The van der Waals surface area contributed by atoms with Gasteiger partial charge in [0.15, 0.2) is 6.04 Å². The van der Waals surface area contributed by atoms with Gasteiger partial charge in [-0.15, -0.1) is 0 Å². The minimum atomic E-state index is -1.02. The normalized spacial score (nSPS) is 16.0. The van der Waals surface area contributed by atoms with E-state index < -0.39 is 18.2 Å². The number of hydrogen-bond donors (Lipinski definition) is 0. The first-order valence-corrected chi connectivity index (χ1v) is 12.5. The summed E-state index contributed by atoms with van der Waals surface area (Å²) in [4.78, 5) is 19.6. The Hall–Kier alpha value is -2.94. The van der Waals surface area contributed by atoms with Gasteiger partial charge in [-0.1, -0.05) is 47.5 Å². The molecule has 0 aliphatic carbocycles. The maximum absolute atomic E-state index is 14.1. The number of nitrogens with zero attached hydrogens (tertiary/aromatic N) is 5. The summed E-state index contributed by atoms with van der Waals surface area (Å²) in [6.07, 6.45) is 2.39. The zero-order chi connectivity index (χ0) is 25.6. The lowest BCUT2D eigenvalue weighted by Gasteiger charge is -2.15. The number of aromatic nitrogens is 4. The molecular weight excluding hydrogens is 504 g/mol. The first-order valence-electron chi connectivity index (χ1n) is 11.7. The molecule has 1 aliphatic rings. The van der Waals surface area contributed by atoms with Crippen LogP contribution in [0.4, 0.5) is 4.39 Å². The van der Waals surface area contributed by atoms with Gasteiger partial charge in [-0.3, -0.25) is 4.68 Å². The van der Waals surface area contributed by atoms with Crippen LogP contribution in [0.2, 0.25) is 10.0 Å². The van der Waals surface area contributed by atoms with E-state index in [-0.39, 0.29) is 19.6 Å². The van der Waals surface area contributed by atoms with E-state index in [0.717, 1.165) is 17.7 Å². The van der Waals surface area contributed by atoms with Crippen LogP contribution >= 0.6 is 23.2 Å². The standard InChI is InChI=1S/C26H26Cl2FN5O2/c1-4-36-26(35)25(24-21-9-17(29)12-33(21)14-30-24)34-13-19-20(27)10-18(22(28)23(19)31-34)16-7-5-15(6-8-16)11-32(2)3/h5-8,10,13-14,17,25H,4,9,11-12H2,1-3H3/t17-,25?/m1/s1. The molecule has 0 bridgehead atoms. The first-order chi connectivity index (χ1) is 17.3. The third kappa shape index (κ3) is 4.49. The highest BCUT2D eigenvalue weighted by molar-refractivity contribution is 6.42. The zero-order valence-corrected chi connectivity index (χ0v) is 21.7. The summed E-state index contributed by atoms with van der Waals surface area (Å²) in [5.41, 5.74) is 4.37. The fourth-order valence-corrected chi connectivity index (χ4v) is 5.26. The van der Waals surface area contributed by atoms with Gasteiger partial charge in [0.2, 0.25) is 0 Å². The maximum Gasteiger partial charge on any atom is 0.337 e. The summed E-state index contributed by atoms with van der Waals surface area (Å²) < 4.78 is 22.6. The predicted molar refractivity (Wildman–Crippen MR) is 138 cm³/mol. The van der Waals surface area contributed by atoms with Gasteiger partial charge in [-0.2, -0.15) is 5.10 Å². The molecule has 7 nitrogen and oxygen atoms in total. The van der Waals surface area contributed by atoms with Gasteiger partial charge in [-0.25, -0.2) is 14.2 Å². The molecule has 2 atom stereocenters. The number of esters is 1. The van der Waals surface area contributed by atoms with Gasteiger partial charge >= 0.3 is 5.97 Å². The molecule has 0 saturated heterocycles. The maximum atomic E-state index is 14.1. The van der Waals surface area contributed by atoms with Crippen molar-refractivity contribution < 1.29 is 13.9 Å². The number of hydrogen-bond acceptors (Lipinski definition) is 5. The Kier molecular flexibility index (Phi) is 6.76. The van der Waals surface area contributed by atoms with Gasteiger partial charge in [0.05, 0.1) is 35.2 Å². The van der Waals surface area contributed by atoms with Crippen LogP contribution in [-0.4, -0.2) is 57.1 Å². The van der Waals surface area contributed by atoms with Crippen molar-refractivity contribution in [1.29, 1.82) is 0 Å². The van der Waals surface area contributed by atoms with Crippen LogP contribution in [0.5, 0.6) is 0 Å². The number of carbonyl (C=O) groups is 1. The summed E-state index contributed by atoms with van der Waals surface area (Å²) in [5.74, 6) is -0.530. The van der Waals surface area contributed by atoms with Gasteiger partial charge in [0.25, 0.3) is 0 Å². The number of benzene rings is 2. The molecule has 0 radical (unpaired) electrons. The highest BCUT2D eigenvalue weighted by Crippen LogP contribution is 2.39. The van der Waals surface area contributed by atoms with Crippen molar-refractivity contribution in [3.8, 4) is 11.1 Å². The molecule has 36 heavy (non-hydrogen) atoms. The van der Waals surface area contributed by atoms with Gasteiger partial charge in [-0.05, 0) is 38.2 Å². The number of fused-ring (bicyclic) bond motifs is 2. The smallest absolute Gasteiger partial charge is 0.337 e. The third-order valence-electron chi connectivity index (χ3n) is 6.29. The van der Waals surface area contributed by atoms with Gasteiger partial charge in [0, 0.05) is 35.8 Å². The quantitative estimate of drug-likeness (QED) is 0.303. The molecule has 0 spiro atoms. The largest absolute Gasteiger partial charge is 0.464 e. The second-order valence-corrected chi connectivity index (χ2v) is 10.00. The molecule has 2 aromatic heterocycles. The van der Waals surface area contributed by atoms with Crippen LogP contribution in [0.3, 0.4) is 0 Å². The lowest BCUT2D eigenvalue weighted by atomic mass is 10.0. The molecule has 0 amide bonds. The van der Waals surface area contributed by atoms with Crippen molar-refractivity contribution in [2.24, 2.45) is 0 Å². The van der Waals surface area contributed by atoms with Crippen molar-refractivity contribution in [3.05, 3.63) is 69.9 Å². The fraction of sp³-hybridized carbons (Fsp3) is 0.346. The molecule has 2 aromatic carbocycles. The van der Waals surface area contributed by atoms with E-state index in [1.807, 2.05) is 26.2 Å². The van der Waals surface area contributed by atoms with Crippen LogP contribution in [0, 0.1) is 0 Å². The Morgan fingerprint density at radius 1 is 1.28 bits per heavy atom. The van der Waals surface area contributed by atoms with Crippen LogP contribution in [0.1, 0.15) is 29.9 Å². The lowest BCUT2D eigenvalue weighted by molar-refractivity contribution is -0.146. The van der Waals surface area contributed by atoms with E-state index in [1.54, 1.807) is 30.1 Å². The molecule has 0 N–H and O–H groups in total. The second kappa shape index (κ2) is 9.84. The Bertz CT molecular complexity index is 1430. The van der Waals surface area contributed by atoms with Crippen LogP contribution in [-0.2, 0) is 29.0 Å². The van der Waals surface area contributed by atoms with E-state index in [2.05, 4.69) is 27.1 Å². The Balaban J connectivity index is 1.59. The molecule has 4 aromatic rings. The topological polar surface area (TPSA) is 65.2 Å². The Morgan fingerprint density at radius 2 is 2.03 bits per heavy atom. The highest BCUT2D eigenvalue weighted by Gasteiger charge is 2.35. The summed E-state index contributed by atoms with van der Waals surface area (Å²) in [6.45, 7) is 2.96. The van der Waals surface area contributed by atoms with Crippen molar-refractivity contribution in [1.82, 2.24) is 24.2 Å². The van der Waals surface area contributed by atoms with Gasteiger partial charge in [0.1, 0.15) is 11.7 Å². The van der Waals surface area contributed by atoms with Crippen LogP contribution in [0.25, 0.3) is 22.0 Å². The molecule has 188 valence electrons. The SMILES string of the molecule is CCOC(=O)C(c1ncn2c1C[C@@H](F)C2)n1cc2c(Cl)cc(-c3ccc(CN(C)C)cc3)c(Cl)c2n1. The van der Waals surface area contributed by atoms with Crippen molar-refractivity contribution in [2.75, 3.05) is 20.7 Å². The number of alkyl halides is 1. The van der Waals surface area contributed by atoms with Crippen molar-refractivity contribution in [3.63, 3.8) is 0 Å². The Labute approximate surface area is 218 Å². The first kappa shape index (κ1) is 24.7. The number of rotatable bonds is 7. The van der Waals surface area contributed by atoms with Crippen molar-refractivity contribution >= 4 is 40.1 Å². The third-order valence-corrected chi connectivity index (χ3v) is 6.99. The molecule has 3 heterocycles. The Morgan fingerprint density at radius 3 is 2.72 bits per heavy atom. The van der Waals surface area contributed by atoms with Gasteiger partial charge < -0.3 is 14.2 Å². The average molecular weight is 530 g/mol. The molecule has 5 rings (SSSR count). The zero-order valence-electron chi connectivity index (χ0n) is 20.2. The van der Waals surface area contributed by atoms with Crippen molar-refractivity contribution in [2.45, 2.75) is 38.6 Å². The number of halogens is 3. The monoisotopic (exact) mass is 529 g/mol. The van der Waals surface area contributed by atoms with E-state index in [4.69, 9.17) is 27.9 Å². The molecule has 1 unspecified atom stereocenters. The second-order valence-electron chi connectivity index (χ2n) is 9.21. The summed E-state index contributed by atoms with van der Waals surface area (Å²) in [7, 11) is 4.04. The fourth-order valence-electron chi connectivity index (χ4n) is 4.71. The lowest BCUT2D eigenvalue weighted by Crippen LogP contribution is -2.25. The van der Waals surface area contributed by atoms with Crippen LogP contribution in [0.15, 0.2) is 42.9 Å². The summed E-state index contributed by atoms with van der Waals surface area (Å²) >= 11 is 13.5. The number of carbonyl (C=O) groups excluding carboxylic acids is 1. The minimum absolute atomic E-state index is 0.182. The van der Waals surface area contributed by atoms with E-state index >= 15 is 0 Å². The molecule has 10 heteroatoms.